The molecule has 3 aromatic carbocycles. The third kappa shape index (κ3) is 7.12. The fraction of sp³-hybridized carbons (Fsp3) is 0.194. The van der Waals surface area contributed by atoms with Crippen molar-refractivity contribution in [3.8, 4) is 21.6 Å². The number of ether oxygens (including phenoxy) is 2. The smallest absolute Gasteiger partial charge is 0.412 e. The Hall–Kier alpha value is -4.43. The van der Waals surface area contributed by atoms with Gasteiger partial charge in [0.05, 0.1) is 23.5 Å². The van der Waals surface area contributed by atoms with Crippen molar-refractivity contribution in [1.29, 1.82) is 0 Å². The maximum atomic E-state index is 13.4. The minimum Gasteiger partial charge on any atom is -0.462 e. The summed E-state index contributed by atoms with van der Waals surface area (Å²) in [5, 5.41) is 7.65. The first-order chi connectivity index (χ1) is 18.6. The van der Waals surface area contributed by atoms with Gasteiger partial charge in [-0.15, -0.1) is 11.3 Å². The Bertz CT molecular complexity index is 1490. The maximum absolute atomic E-state index is 13.4. The van der Waals surface area contributed by atoms with Gasteiger partial charge in [0.2, 0.25) is 0 Å². The summed E-state index contributed by atoms with van der Waals surface area (Å²) < 4.78 is 10.6. The predicted octanol–water partition coefficient (Wildman–Crippen LogP) is 7.86. The number of thiophene rings is 1. The largest absolute Gasteiger partial charge is 0.462 e. The van der Waals surface area contributed by atoms with Gasteiger partial charge in [0, 0.05) is 10.4 Å². The third-order valence-electron chi connectivity index (χ3n) is 5.57. The second-order valence-electron chi connectivity index (χ2n) is 9.67. The van der Waals surface area contributed by atoms with Crippen LogP contribution in [0.1, 0.15) is 48.4 Å². The zero-order valence-electron chi connectivity index (χ0n) is 22.2. The molecule has 2 N–H and O–H groups in total. The average Bonchev–Trinajstić information content (AvgIpc) is 3.44. The molecule has 7 nitrogen and oxygen atoms in total. The SMILES string of the molecule is CCOC(=O)c1ccccc1-c1cccc(C(=O)Nc2cc(-c3cccs3)ccc2NC(=O)OC(C)(C)C)c1. The molecule has 4 rings (SSSR count). The van der Waals surface area contributed by atoms with Crippen molar-refractivity contribution in [3.05, 3.63) is 95.4 Å². The molecule has 0 aliphatic carbocycles. The number of hydrogen-bond acceptors (Lipinski definition) is 6. The summed E-state index contributed by atoms with van der Waals surface area (Å²) in [6.45, 7) is 7.36. The normalized spacial score (nSPS) is 11.0. The van der Waals surface area contributed by atoms with E-state index < -0.39 is 17.7 Å². The van der Waals surface area contributed by atoms with Crippen molar-refractivity contribution < 1.29 is 23.9 Å². The van der Waals surface area contributed by atoms with Crippen molar-refractivity contribution in [2.24, 2.45) is 0 Å². The molecule has 0 aliphatic heterocycles. The number of hydrogen-bond donors (Lipinski definition) is 2. The molecule has 8 heteroatoms. The topological polar surface area (TPSA) is 93.7 Å². The molecule has 0 saturated carbocycles. The summed E-state index contributed by atoms with van der Waals surface area (Å²) in [6, 6.07) is 23.5. The van der Waals surface area contributed by atoms with Crippen molar-refractivity contribution in [1.82, 2.24) is 0 Å². The zero-order valence-corrected chi connectivity index (χ0v) is 23.1. The van der Waals surface area contributed by atoms with Crippen LogP contribution in [0.2, 0.25) is 0 Å². The Morgan fingerprint density at radius 2 is 1.62 bits per heavy atom. The number of esters is 1. The lowest BCUT2D eigenvalue weighted by atomic mass is 9.98. The molecular weight excluding hydrogens is 512 g/mol. The molecular formula is C31H30N2O5S. The van der Waals surface area contributed by atoms with Crippen molar-refractivity contribution in [3.63, 3.8) is 0 Å². The summed E-state index contributed by atoms with van der Waals surface area (Å²) in [6.07, 6.45) is -0.626. The molecule has 1 aromatic heterocycles. The van der Waals surface area contributed by atoms with Crippen LogP contribution in [-0.4, -0.2) is 30.2 Å². The summed E-state index contributed by atoms with van der Waals surface area (Å²) in [4.78, 5) is 39.5. The van der Waals surface area contributed by atoms with Crippen molar-refractivity contribution in [2.45, 2.75) is 33.3 Å². The van der Waals surface area contributed by atoms with Gasteiger partial charge in [-0.2, -0.15) is 0 Å². The third-order valence-corrected chi connectivity index (χ3v) is 6.49. The lowest BCUT2D eigenvalue weighted by Crippen LogP contribution is -2.27. The first-order valence-electron chi connectivity index (χ1n) is 12.5. The van der Waals surface area contributed by atoms with Crippen LogP contribution in [0, 0.1) is 0 Å². The van der Waals surface area contributed by atoms with Gasteiger partial charge < -0.3 is 14.8 Å². The summed E-state index contributed by atoms with van der Waals surface area (Å²) in [5.74, 6) is -0.799. The molecule has 0 unspecified atom stereocenters. The standard InChI is InChI=1S/C31H30N2O5S/c1-5-37-29(35)24-13-7-6-12-23(24)20-10-8-11-22(18-20)28(34)32-26-19-21(27-14-9-17-39-27)15-16-25(26)33-30(36)38-31(2,3)4/h6-19H,5H2,1-4H3,(H,32,34)(H,33,36). The van der Waals surface area contributed by atoms with E-state index in [1.165, 1.54) is 0 Å². The molecule has 0 aliphatic rings. The number of anilines is 2. The van der Waals surface area contributed by atoms with E-state index in [1.54, 1.807) is 75.4 Å². The minimum absolute atomic E-state index is 0.264. The molecule has 0 fully saturated rings. The second-order valence-corrected chi connectivity index (χ2v) is 10.6. The highest BCUT2D eigenvalue weighted by Gasteiger charge is 2.19. The quantitative estimate of drug-likeness (QED) is 0.232. The van der Waals surface area contributed by atoms with Crippen LogP contribution >= 0.6 is 11.3 Å². The van der Waals surface area contributed by atoms with Crippen molar-refractivity contribution >= 4 is 40.7 Å². The molecule has 1 heterocycles. The molecule has 0 spiro atoms. The molecule has 2 amide bonds. The van der Waals surface area contributed by atoms with E-state index in [0.717, 1.165) is 10.4 Å². The number of nitrogens with one attached hydrogen (secondary N) is 2. The van der Waals surface area contributed by atoms with Gasteiger partial charge in [0.1, 0.15) is 5.60 Å². The second kappa shape index (κ2) is 12.0. The molecule has 0 atom stereocenters. The molecule has 200 valence electrons. The highest BCUT2D eigenvalue weighted by molar-refractivity contribution is 7.13. The van der Waals surface area contributed by atoms with Gasteiger partial charge in [-0.25, -0.2) is 9.59 Å². The van der Waals surface area contributed by atoms with E-state index in [4.69, 9.17) is 9.47 Å². The monoisotopic (exact) mass is 542 g/mol. The lowest BCUT2D eigenvalue weighted by molar-refractivity contribution is 0.0526. The summed E-state index contributed by atoms with van der Waals surface area (Å²) >= 11 is 1.57. The van der Waals surface area contributed by atoms with E-state index in [1.807, 2.05) is 47.8 Å². The summed E-state index contributed by atoms with van der Waals surface area (Å²) in [7, 11) is 0. The van der Waals surface area contributed by atoms with Crippen molar-refractivity contribution in [2.75, 3.05) is 17.2 Å². The highest BCUT2D eigenvalue weighted by Crippen LogP contribution is 2.33. The Morgan fingerprint density at radius 1 is 0.821 bits per heavy atom. The van der Waals surface area contributed by atoms with Crippen LogP contribution in [0.5, 0.6) is 0 Å². The van der Waals surface area contributed by atoms with Crippen LogP contribution in [0.15, 0.2) is 84.2 Å². The van der Waals surface area contributed by atoms with Gasteiger partial charge in [-0.1, -0.05) is 42.5 Å². The molecule has 39 heavy (non-hydrogen) atoms. The Balaban J connectivity index is 1.65. The zero-order chi connectivity index (χ0) is 28.0. The number of carbonyl (C=O) groups is 3. The van der Waals surface area contributed by atoms with Gasteiger partial charge in [0.15, 0.2) is 0 Å². The Morgan fingerprint density at radius 3 is 2.33 bits per heavy atom. The minimum atomic E-state index is -0.676. The number of benzene rings is 3. The van der Waals surface area contributed by atoms with E-state index >= 15 is 0 Å². The Kier molecular flexibility index (Phi) is 8.46. The molecule has 0 radical (unpaired) electrons. The fourth-order valence-corrected chi connectivity index (χ4v) is 4.63. The Labute approximate surface area is 231 Å². The number of carbonyl (C=O) groups excluding carboxylic acids is 3. The van der Waals surface area contributed by atoms with E-state index in [0.29, 0.717) is 33.6 Å². The average molecular weight is 543 g/mol. The fourth-order valence-electron chi connectivity index (χ4n) is 3.91. The number of amides is 2. The van der Waals surface area contributed by atoms with Gasteiger partial charge in [0.25, 0.3) is 5.91 Å². The van der Waals surface area contributed by atoms with E-state index in [2.05, 4.69) is 10.6 Å². The first-order valence-corrected chi connectivity index (χ1v) is 13.4. The maximum Gasteiger partial charge on any atom is 0.412 e. The van der Waals surface area contributed by atoms with Gasteiger partial charge >= 0.3 is 12.1 Å². The van der Waals surface area contributed by atoms with Crippen LogP contribution in [0.4, 0.5) is 16.2 Å². The van der Waals surface area contributed by atoms with Gasteiger partial charge in [-0.05, 0) is 86.2 Å². The van der Waals surface area contributed by atoms with Gasteiger partial charge in [-0.3, -0.25) is 10.1 Å². The van der Waals surface area contributed by atoms with E-state index in [9.17, 15) is 14.4 Å². The van der Waals surface area contributed by atoms with E-state index in [-0.39, 0.29) is 12.5 Å². The van der Waals surface area contributed by atoms with Crippen LogP contribution in [0.3, 0.4) is 0 Å². The first kappa shape index (κ1) is 27.6. The highest BCUT2D eigenvalue weighted by atomic mass is 32.1. The van der Waals surface area contributed by atoms with Crippen LogP contribution in [0.25, 0.3) is 21.6 Å². The molecule has 4 aromatic rings. The predicted molar refractivity (Wildman–Crippen MR) is 155 cm³/mol. The van der Waals surface area contributed by atoms with Crippen LogP contribution < -0.4 is 10.6 Å². The molecule has 0 bridgehead atoms. The van der Waals surface area contributed by atoms with Crippen LogP contribution in [-0.2, 0) is 9.47 Å². The summed E-state index contributed by atoms with van der Waals surface area (Å²) in [5.41, 5.74) is 3.22. The lowest BCUT2D eigenvalue weighted by Gasteiger charge is -2.21. The number of rotatable bonds is 7. The molecule has 0 saturated heterocycles.